The number of nitrogens with zero attached hydrogens (tertiary/aromatic N) is 1. The van der Waals surface area contributed by atoms with Gasteiger partial charge in [-0.2, -0.15) is 0 Å². The first-order valence-electron chi connectivity index (χ1n) is 6.25. The molecule has 2 heteroatoms. The molecule has 16 heavy (non-hydrogen) atoms. The Hall–Kier alpha value is -0.470. The van der Waals surface area contributed by atoms with Crippen LogP contribution in [0.3, 0.4) is 0 Å². The molecule has 1 aliphatic rings. The molecule has 1 aromatic carbocycles. The minimum Gasteiger partial charge on any atom is -0.306 e. The van der Waals surface area contributed by atoms with Gasteiger partial charge < -0.3 is 4.90 Å². The molecule has 1 saturated heterocycles. The van der Waals surface area contributed by atoms with Gasteiger partial charge in [-0.1, -0.05) is 32.0 Å². The van der Waals surface area contributed by atoms with Gasteiger partial charge in [-0.15, -0.1) is 11.8 Å². The van der Waals surface area contributed by atoms with E-state index < -0.39 is 0 Å². The number of hydrogen-bond acceptors (Lipinski definition) is 2. The van der Waals surface area contributed by atoms with Crippen LogP contribution in [0.25, 0.3) is 0 Å². The summed E-state index contributed by atoms with van der Waals surface area (Å²) in [6.45, 7) is 6.51. The number of piperidine rings is 1. The second kappa shape index (κ2) is 7.75. The van der Waals surface area contributed by atoms with Gasteiger partial charge in [0.05, 0.1) is 0 Å². The fourth-order valence-corrected chi connectivity index (χ4v) is 2.94. The molecule has 1 aromatic rings. The molecule has 0 saturated carbocycles. The van der Waals surface area contributed by atoms with Crippen molar-refractivity contribution in [2.75, 3.05) is 20.1 Å². The van der Waals surface area contributed by atoms with Gasteiger partial charge in [-0.05, 0) is 45.1 Å². The molecule has 0 atom stereocenters. The second-order valence-corrected chi connectivity index (χ2v) is 5.31. The Labute approximate surface area is 104 Å². The van der Waals surface area contributed by atoms with Crippen molar-refractivity contribution in [1.82, 2.24) is 4.90 Å². The Kier molecular flexibility index (Phi) is 6.58. The maximum atomic E-state index is 2.42. The molecule has 0 unspecified atom stereocenters. The largest absolute Gasteiger partial charge is 0.306 e. The maximum Gasteiger partial charge on any atom is 0.0119 e. The topological polar surface area (TPSA) is 3.24 Å². The maximum absolute atomic E-state index is 2.42. The molecule has 0 amide bonds. The summed E-state index contributed by atoms with van der Waals surface area (Å²) in [5.41, 5.74) is 0. The molecule has 90 valence electrons. The van der Waals surface area contributed by atoms with E-state index >= 15 is 0 Å². The Balaban J connectivity index is 0.000000606. The van der Waals surface area contributed by atoms with Crippen molar-refractivity contribution in [3.63, 3.8) is 0 Å². The predicted octanol–water partition coefficient (Wildman–Crippen LogP) is 3.90. The number of thioether (sulfide) groups is 1. The Morgan fingerprint density at radius 2 is 1.62 bits per heavy atom. The SMILES string of the molecule is CC.CN1CCC(Sc2ccccc2)CC1. The van der Waals surface area contributed by atoms with Crippen LogP contribution in [0.15, 0.2) is 35.2 Å². The number of likely N-dealkylation sites (tertiary alicyclic amines) is 1. The third-order valence-corrected chi connectivity index (χ3v) is 4.06. The number of hydrogen-bond donors (Lipinski definition) is 0. The standard InChI is InChI=1S/C12H17NS.C2H6/c1-13-9-7-12(8-10-13)14-11-5-3-2-4-6-11;1-2/h2-6,12H,7-10H2,1H3;1-2H3. The molecule has 1 fully saturated rings. The van der Waals surface area contributed by atoms with E-state index in [0.717, 1.165) is 5.25 Å². The molecule has 0 radical (unpaired) electrons. The molecule has 0 aromatic heterocycles. The lowest BCUT2D eigenvalue weighted by Gasteiger charge is -2.28. The van der Waals surface area contributed by atoms with Crippen LogP contribution in [0, 0.1) is 0 Å². The molecule has 1 nitrogen and oxygen atoms in total. The zero-order valence-corrected chi connectivity index (χ0v) is 11.5. The first-order valence-corrected chi connectivity index (χ1v) is 7.13. The van der Waals surface area contributed by atoms with Crippen molar-refractivity contribution in [3.05, 3.63) is 30.3 Å². The van der Waals surface area contributed by atoms with Crippen LogP contribution in [-0.4, -0.2) is 30.3 Å². The average Bonchev–Trinajstić information content (AvgIpc) is 2.36. The van der Waals surface area contributed by atoms with Crippen LogP contribution in [0.2, 0.25) is 0 Å². The van der Waals surface area contributed by atoms with Gasteiger partial charge in [0.2, 0.25) is 0 Å². The van der Waals surface area contributed by atoms with Crippen LogP contribution >= 0.6 is 11.8 Å². The highest BCUT2D eigenvalue weighted by molar-refractivity contribution is 8.00. The highest BCUT2D eigenvalue weighted by Crippen LogP contribution is 2.29. The molecule has 1 heterocycles. The molecule has 0 aliphatic carbocycles. The first-order chi connectivity index (χ1) is 7.84. The third kappa shape index (κ3) is 4.58. The van der Waals surface area contributed by atoms with Crippen molar-refractivity contribution < 1.29 is 0 Å². The molecule has 2 rings (SSSR count). The fourth-order valence-electron chi connectivity index (χ4n) is 1.79. The minimum atomic E-state index is 0.827. The van der Waals surface area contributed by atoms with Crippen molar-refractivity contribution in [1.29, 1.82) is 0 Å². The van der Waals surface area contributed by atoms with Gasteiger partial charge in [-0.25, -0.2) is 0 Å². The van der Waals surface area contributed by atoms with E-state index in [4.69, 9.17) is 0 Å². The van der Waals surface area contributed by atoms with E-state index in [1.165, 1.54) is 30.8 Å². The van der Waals surface area contributed by atoms with Crippen molar-refractivity contribution >= 4 is 11.8 Å². The summed E-state index contributed by atoms with van der Waals surface area (Å²) in [5.74, 6) is 0. The van der Waals surface area contributed by atoms with E-state index in [1.54, 1.807) is 0 Å². The third-order valence-electron chi connectivity index (χ3n) is 2.71. The lowest BCUT2D eigenvalue weighted by molar-refractivity contribution is 0.282. The molecule has 0 spiro atoms. The summed E-state index contributed by atoms with van der Waals surface area (Å²) in [7, 11) is 2.21. The van der Waals surface area contributed by atoms with Crippen molar-refractivity contribution in [3.8, 4) is 0 Å². The van der Waals surface area contributed by atoms with Gasteiger partial charge in [0, 0.05) is 10.1 Å². The number of rotatable bonds is 2. The summed E-state index contributed by atoms with van der Waals surface area (Å²) in [4.78, 5) is 3.84. The van der Waals surface area contributed by atoms with Crippen LogP contribution in [0.5, 0.6) is 0 Å². The summed E-state index contributed by atoms with van der Waals surface area (Å²) in [6, 6.07) is 10.7. The highest BCUT2D eigenvalue weighted by Gasteiger charge is 2.17. The van der Waals surface area contributed by atoms with Gasteiger partial charge >= 0.3 is 0 Å². The van der Waals surface area contributed by atoms with E-state index in [0.29, 0.717) is 0 Å². The summed E-state index contributed by atoms with van der Waals surface area (Å²) in [5, 5.41) is 0.827. The first kappa shape index (κ1) is 13.6. The molecule has 0 bridgehead atoms. The molecular formula is C14H23NS. The zero-order chi connectivity index (χ0) is 11.8. The lowest BCUT2D eigenvalue weighted by atomic mass is 10.1. The zero-order valence-electron chi connectivity index (χ0n) is 10.6. The molecule has 1 aliphatic heterocycles. The average molecular weight is 237 g/mol. The van der Waals surface area contributed by atoms with E-state index in [2.05, 4.69) is 42.3 Å². The van der Waals surface area contributed by atoms with Crippen LogP contribution in [-0.2, 0) is 0 Å². The smallest absolute Gasteiger partial charge is 0.0119 e. The highest BCUT2D eigenvalue weighted by atomic mass is 32.2. The minimum absolute atomic E-state index is 0.827. The lowest BCUT2D eigenvalue weighted by Crippen LogP contribution is -2.31. The van der Waals surface area contributed by atoms with Crippen molar-refractivity contribution in [2.24, 2.45) is 0 Å². The quantitative estimate of drug-likeness (QED) is 0.767. The summed E-state index contributed by atoms with van der Waals surface area (Å²) >= 11 is 2.04. The van der Waals surface area contributed by atoms with Gasteiger partial charge in [-0.3, -0.25) is 0 Å². The molecule has 0 N–H and O–H groups in total. The van der Waals surface area contributed by atoms with Gasteiger partial charge in [0.15, 0.2) is 0 Å². The van der Waals surface area contributed by atoms with Crippen LogP contribution in [0.1, 0.15) is 26.7 Å². The predicted molar refractivity (Wildman–Crippen MR) is 74.2 cm³/mol. The van der Waals surface area contributed by atoms with Gasteiger partial charge in [0.25, 0.3) is 0 Å². The second-order valence-electron chi connectivity index (χ2n) is 3.93. The Bertz CT molecular complexity index is 265. The van der Waals surface area contributed by atoms with E-state index in [9.17, 15) is 0 Å². The fraction of sp³-hybridized carbons (Fsp3) is 0.571. The number of benzene rings is 1. The van der Waals surface area contributed by atoms with E-state index in [1.807, 2.05) is 25.6 Å². The van der Waals surface area contributed by atoms with Crippen LogP contribution in [0.4, 0.5) is 0 Å². The Morgan fingerprint density at radius 3 is 2.19 bits per heavy atom. The molecular weight excluding hydrogens is 214 g/mol. The summed E-state index contributed by atoms with van der Waals surface area (Å²) in [6.07, 6.45) is 2.66. The van der Waals surface area contributed by atoms with Crippen molar-refractivity contribution in [2.45, 2.75) is 36.8 Å². The van der Waals surface area contributed by atoms with E-state index in [-0.39, 0.29) is 0 Å². The summed E-state index contributed by atoms with van der Waals surface area (Å²) < 4.78 is 0. The van der Waals surface area contributed by atoms with Gasteiger partial charge in [0.1, 0.15) is 0 Å². The Morgan fingerprint density at radius 1 is 1.06 bits per heavy atom. The monoisotopic (exact) mass is 237 g/mol. The normalized spacial score (nSPS) is 17.7. The van der Waals surface area contributed by atoms with Crippen LogP contribution < -0.4 is 0 Å².